The van der Waals surface area contributed by atoms with Gasteiger partial charge in [-0.2, -0.15) is 0 Å². The van der Waals surface area contributed by atoms with E-state index in [9.17, 15) is 10.2 Å². The topological polar surface area (TPSA) is 69.0 Å². The Morgan fingerprint density at radius 3 is 2.62 bits per heavy atom. The molecule has 3 rings (SSSR count). The summed E-state index contributed by atoms with van der Waals surface area (Å²) in [6, 6.07) is 7.49. The van der Waals surface area contributed by atoms with Crippen LogP contribution in [0.15, 0.2) is 29.3 Å². The number of aromatic hydroxyl groups is 2. The molecule has 0 unspecified atom stereocenters. The van der Waals surface area contributed by atoms with Crippen LogP contribution in [0.2, 0.25) is 0 Å². The molecule has 0 radical (unpaired) electrons. The van der Waals surface area contributed by atoms with Crippen molar-refractivity contribution >= 4 is 27.2 Å². The van der Waals surface area contributed by atoms with Gasteiger partial charge in [-0.3, -0.25) is 4.99 Å². The van der Waals surface area contributed by atoms with E-state index in [2.05, 4.69) is 9.98 Å². The maximum Gasteiger partial charge on any atom is 0.164 e. The molecule has 0 saturated heterocycles. The maximum atomic E-state index is 10.3. The Morgan fingerprint density at radius 1 is 1.19 bits per heavy atom. The molecule has 1 aromatic carbocycles. The number of hydrogen-bond donors (Lipinski definition) is 2. The van der Waals surface area contributed by atoms with Crippen LogP contribution in [0.4, 0.5) is 5.69 Å². The predicted molar refractivity (Wildman–Crippen MR) is 85.4 cm³/mol. The number of nitrogens with zero attached hydrogens (tertiary/aromatic N) is 3. The first-order chi connectivity index (χ1) is 10.0. The predicted octanol–water partition coefficient (Wildman–Crippen LogP) is 2.41. The second kappa shape index (κ2) is 4.89. The van der Waals surface area contributed by atoms with Crippen LogP contribution < -0.4 is 10.3 Å². The highest BCUT2D eigenvalue weighted by Gasteiger charge is 2.16. The summed E-state index contributed by atoms with van der Waals surface area (Å²) in [5.74, 6) is -0.0892. The van der Waals surface area contributed by atoms with Crippen LogP contribution in [0.1, 0.15) is 0 Å². The molecule has 1 aliphatic carbocycles. The van der Waals surface area contributed by atoms with Crippen LogP contribution in [0.5, 0.6) is 11.5 Å². The quantitative estimate of drug-likeness (QED) is 0.677. The lowest BCUT2D eigenvalue weighted by Crippen LogP contribution is -2.08. The third kappa shape index (κ3) is 2.17. The Labute approximate surface area is 125 Å². The van der Waals surface area contributed by atoms with Gasteiger partial charge < -0.3 is 15.1 Å². The lowest BCUT2D eigenvalue weighted by atomic mass is 10.2. The summed E-state index contributed by atoms with van der Waals surface area (Å²) in [7, 11) is 5.48. The number of rotatable bonds is 1. The average Bonchev–Trinajstić information content (AvgIpc) is 2.45. The van der Waals surface area contributed by atoms with E-state index in [0.717, 1.165) is 15.9 Å². The minimum absolute atomic E-state index is 0.0258. The van der Waals surface area contributed by atoms with Gasteiger partial charge in [-0.05, 0) is 18.2 Å². The van der Waals surface area contributed by atoms with E-state index in [1.54, 1.807) is 0 Å². The minimum atomic E-state index is -0.0635. The summed E-state index contributed by atoms with van der Waals surface area (Å²) in [6.45, 7) is 0. The summed E-state index contributed by atoms with van der Waals surface area (Å²) in [5, 5.41) is 20.4. The van der Waals surface area contributed by atoms with Gasteiger partial charge >= 0.3 is 0 Å². The van der Waals surface area contributed by atoms with Gasteiger partial charge in [0, 0.05) is 32.9 Å². The smallest absolute Gasteiger partial charge is 0.164 e. The van der Waals surface area contributed by atoms with Gasteiger partial charge in [0.1, 0.15) is 11.1 Å². The molecule has 0 aromatic heterocycles. The first-order valence-corrected chi connectivity index (χ1v) is 7.22. The molecule has 0 spiro atoms. The van der Waals surface area contributed by atoms with Gasteiger partial charge in [0.2, 0.25) is 0 Å². The lowest BCUT2D eigenvalue weighted by molar-refractivity contribution is 0.439. The molecular weight excluding hydrogens is 286 g/mol. The zero-order valence-corrected chi connectivity index (χ0v) is 12.8. The van der Waals surface area contributed by atoms with Crippen molar-refractivity contribution < 1.29 is 10.2 Å². The summed E-state index contributed by atoms with van der Waals surface area (Å²) >= 11 is 1.44. The Hall–Kier alpha value is -2.34. The fourth-order valence-corrected chi connectivity index (χ4v) is 3.23. The van der Waals surface area contributed by atoms with Crippen molar-refractivity contribution in [3.05, 3.63) is 29.6 Å². The van der Waals surface area contributed by atoms with E-state index in [1.807, 2.05) is 37.2 Å². The van der Waals surface area contributed by atoms with E-state index >= 15 is 0 Å². The third-order valence-electron chi connectivity index (χ3n) is 3.32. The Balaban J connectivity index is 2.40. The zero-order chi connectivity index (χ0) is 15.1. The van der Waals surface area contributed by atoms with Gasteiger partial charge in [-0.1, -0.05) is 0 Å². The number of aromatic nitrogens is 1. The molecule has 1 heterocycles. The summed E-state index contributed by atoms with van der Waals surface area (Å²) in [4.78, 5) is 11.1. The summed E-state index contributed by atoms with van der Waals surface area (Å²) < 4.78 is 0.969. The second-order valence-electron chi connectivity index (χ2n) is 4.93. The second-order valence-corrected chi connectivity index (χ2v) is 5.98. The molecule has 0 fully saturated rings. The Bertz CT molecular complexity index is 871. The van der Waals surface area contributed by atoms with Crippen molar-refractivity contribution in [1.82, 2.24) is 4.98 Å². The highest BCUT2D eigenvalue weighted by Crippen LogP contribution is 2.38. The molecule has 6 heteroatoms. The first kappa shape index (κ1) is 13.6. The molecule has 2 aliphatic rings. The van der Waals surface area contributed by atoms with Crippen LogP contribution in [-0.2, 0) is 0 Å². The van der Waals surface area contributed by atoms with Gasteiger partial charge in [0.05, 0.1) is 20.8 Å². The van der Waals surface area contributed by atoms with Gasteiger partial charge in [-0.15, -0.1) is 11.3 Å². The standard InChI is InChI=1S/C15H15N3O2S/c1-16-13-11(19)7-10-15(14(13)20)21-12-6-8(18(2)3)4-5-9(12)17-10/h4-7,19-20H,1-3H3/b16-13-. The Morgan fingerprint density at radius 2 is 1.95 bits per heavy atom. The highest BCUT2D eigenvalue weighted by atomic mass is 32.1. The SMILES string of the molecule is C/N=c1/c(O)cc2nc3ccc(N(C)C)cc3sc-2c1O. The molecule has 108 valence electrons. The molecule has 0 atom stereocenters. The molecule has 0 saturated carbocycles. The molecule has 0 amide bonds. The van der Waals surface area contributed by atoms with Crippen molar-refractivity contribution in [1.29, 1.82) is 0 Å². The van der Waals surface area contributed by atoms with E-state index in [-0.39, 0.29) is 16.9 Å². The minimum Gasteiger partial charge on any atom is -0.505 e. The van der Waals surface area contributed by atoms with Gasteiger partial charge in [0.25, 0.3) is 0 Å². The number of fused-ring (bicyclic) bond motifs is 2. The van der Waals surface area contributed by atoms with Crippen molar-refractivity contribution in [2.45, 2.75) is 0 Å². The number of phenolic OH excluding ortho intramolecular Hbond substituents is 2. The van der Waals surface area contributed by atoms with Crippen LogP contribution in [0.3, 0.4) is 0 Å². The molecule has 0 bridgehead atoms. The van der Waals surface area contributed by atoms with Crippen molar-refractivity contribution in [2.75, 3.05) is 26.0 Å². The largest absolute Gasteiger partial charge is 0.505 e. The number of anilines is 1. The van der Waals surface area contributed by atoms with Crippen molar-refractivity contribution in [3.8, 4) is 22.1 Å². The summed E-state index contributed by atoms with van der Waals surface area (Å²) in [5.41, 5.74) is 2.46. The summed E-state index contributed by atoms with van der Waals surface area (Å²) in [6.07, 6.45) is 0. The van der Waals surface area contributed by atoms with Crippen LogP contribution in [0.25, 0.3) is 20.8 Å². The highest BCUT2D eigenvalue weighted by molar-refractivity contribution is 7.21. The molecule has 1 aliphatic heterocycles. The van der Waals surface area contributed by atoms with Gasteiger partial charge in [0.15, 0.2) is 5.75 Å². The van der Waals surface area contributed by atoms with E-state index < -0.39 is 0 Å². The molecular formula is C15H15N3O2S. The maximum absolute atomic E-state index is 10.3. The van der Waals surface area contributed by atoms with Crippen molar-refractivity contribution in [2.24, 2.45) is 4.99 Å². The van der Waals surface area contributed by atoms with E-state index in [4.69, 9.17) is 0 Å². The lowest BCUT2D eigenvalue weighted by Gasteiger charge is -2.14. The Kier molecular flexibility index (Phi) is 3.17. The normalized spacial score (nSPS) is 12.2. The van der Waals surface area contributed by atoms with Crippen LogP contribution in [0, 0.1) is 0 Å². The van der Waals surface area contributed by atoms with Crippen molar-refractivity contribution in [3.63, 3.8) is 0 Å². The number of phenols is 2. The fraction of sp³-hybridized carbons (Fsp3) is 0.200. The van der Waals surface area contributed by atoms with E-state index in [1.165, 1.54) is 24.5 Å². The van der Waals surface area contributed by atoms with Crippen LogP contribution >= 0.6 is 11.3 Å². The zero-order valence-electron chi connectivity index (χ0n) is 12.0. The molecule has 1 aromatic rings. The first-order valence-electron chi connectivity index (χ1n) is 6.41. The molecule has 21 heavy (non-hydrogen) atoms. The molecule has 5 nitrogen and oxygen atoms in total. The number of hydrogen-bond acceptors (Lipinski definition) is 6. The van der Waals surface area contributed by atoms with Crippen LogP contribution in [-0.4, -0.2) is 36.3 Å². The van der Waals surface area contributed by atoms with E-state index in [0.29, 0.717) is 10.6 Å². The fourth-order valence-electron chi connectivity index (χ4n) is 2.21. The molecule has 2 N–H and O–H groups in total. The monoisotopic (exact) mass is 301 g/mol. The van der Waals surface area contributed by atoms with Gasteiger partial charge in [-0.25, -0.2) is 4.98 Å². The number of benzene rings is 2. The average molecular weight is 301 g/mol. The third-order valence-corrected chi connectivity index (χ3v) is 4.48.